The number of carboxylic acids is 1. The number of imidazole rings is 1. The highest BCUT2D eigenvalue weighted by Crippen LogP contribution is 2.77. The van der Waals surface area contributed by atoms with Crippen molar-refractivity contribution >= 4 is 28.9 Å². The van der Waals surface area contributed by atoms with E-state index in [1.807, 2.05) is 32.0 Å². The summed E-state index contributed by atoms with van der Waals surface area (Å²) >= 11 is 0. The summed E-state index contributed by atoms with van der Waals surface area (Å²) < 4.78 is 6.45. The summed E-state index contributed by atoms with van der Waals surface area (Å²) in [5.74, 6) is 0.334. The predicted molar refractivity (Wildman–Crippen MR) is 215 cm³/mol. The number of aromatic nitrogens is 2. The Bertz CT molecular complexity index is 1920. The van der Waals surface area contributed by atoms with Gasteiger partial charge < -0.3 is 20.1 Å². The van der Waals surface area contributed by atoms with Gasteiger partial charge in [0.2, 0.25) is 0 Å². The molecule has 8 heteroatoms. The number of rotatable bonds is 8. The first-order chi connectivity index (χ1) is 25.8. The number of aromatic amines is 1. The molecule has 1 aromatic carbocycles. The number of aliphatic carboxylic acids is 1. The second-order valence-corrected chi connectivity index (χ2v) is 21.4. The fourth-order valence-electron chi connectivity index (χ4n) is 14.9. The lowest BCUT2D eigenvalue weighted by Gasteiger charge is -2.72. The molecule has 5 fully saturated rings. The topological polar surface area (TPSA) is 121 Å². The molecule has 6 aliphatic carbocycles. The molecule has 6 aliphatic rings. The van der Waals surface area contributed by atoms with Crippen molar-refractivity contribution in [2.75, 3.05) is 6.54 Å². The molecule has 0 bridgehead atoms. The first-order valence-electron chi connectivity index (χ1n) is 21.7. The molecule has 8 nitrogen and oxygen atoms in total. The van der Waals surface area contributed by atoms with Gasteiger partial charge >= 0.3 is 11.9 Å². The Morgan fingerprint density at radius 1 is 0.891 bits per heavy atom. The van der Waals surface area contributed by atoms with Crippen LogP contribution in [0.1, 0.15) is 150 Å². The minimum absolute atomic E-state index is 0.00899. The third-order valence-electron chi connectivity index (χ3n) is 18.4. The molecule has 2 aromatic rings. The quantitative estimate of drug-likeness (QED) is 0.182. The van der Waals surface area contributed by atoms with E-state index in [1.54, 1.807) is 17.5 Å². The van der Waals surface area contributed by atoms with Gasteiger partial charge in [-0.25, -0.2) is 4.98 Å². The number of nitrogens with one attached hydrogen (secondary N) is 2. The zero-order valence-corrected chi connectivity index (χ0v) is 35.1. The van der Waals surface area contributed by atoms with Crippen molar-refractivity contribution in [2.45, 2.75) is 145 Å². The molecule has 1 aromatic heterocycles. The van der Waals surface area contributed by atoms with Crippen molar-refractivity contribution < 1.29 is 24.2 Å². The van der Waals surface area contributed by atoms with Crippen LogP contribution in [-0.2, 0) is 14.3 Å². The molecule has 300 valence electrons. The van der Waals surface area contributed by atoms with Crippen molar-refractivity contribution in [3.05, 3.63) is 41.2 Å². The Balaban J connectivity index is 1.00. The number of nitrogens with zero attached hydrogens (tertiary/aromatic N) is 1. The van der Waals surface area contributed by atoms with Crippen LogP contribution >= 0.6 is 0 Å². The first-order valence-corrected chi connectivity index (χ1v) is 21.7. The van der Waals surface area contributed by atoms with Crippen molar-refractivity contribution in [1.29, 1.82) is 0 Å². The predicted octanol–water partition coefficient (Wildman–Crippen LogP) is 10.1. The van der Waals surface area contributed by atoms with Crippen molar-refractivity contribution in [3.63, 3.8) is 0 Å². The van der Waals surface area contributed by atoms with E-state index < -0.39 is 17.3 Å². The molecule has 0 saturated heterocycles. The van der Waals surface area contributed by atoms with Crippen LogP contribution in [-0.4, -0.2) is 45.6 Å². The number of carbonyl (C=O) groups is 3. The number of carboxylic acid groups (broad SMARTS) is 1. The highest BCUT2D eigenvalue weighted by atomic mass is 16.5. The minimum atomic E-state index is -0.811. The summed E-state index contributed by atoms with van der Waals surface area (Å²) in [4.78, 5) is 46.2. The summed E-state index contributed by atoms with van der Waals surface area (Å²) in [5, 5.41) is 13.0. The SMILES string of the molecule is CC(C)C1=C2[C@H]3CC[C@@H]4[C@@]5(C)CC[C@H](OC(=O)[C@H]6C[C@@H](C(=O)O)C6(C)C)C(C)(C)[C@@H]5CC[C@@]4(C)[C@]3(C)CC[C@@]2(CCNC(=O)c2ccc3nc[nH]c3c2)CC1. The van der Waals surface area contributed by atoms with Gasteiger partial charge in [-0.3, -0.25) is 14.4 Å². The van der Waals surface area contributed by atoms with Gasteiger partial charge in [0.15, 0.2) is 0 Å². The van der Waals surface area contributed by atoms with E-state index in [4.69, 9.17) is 4.74 Å². The number of ether oxygens (including phenoxy) is 1. The second-order valence-electron chi connectivity index (χ2n) is 21.4. The Labute approximate surface area is 328 Å². The van der Waals surface area contributed by atoms with Crippen LogP contribution in [0.15, 0.2) is 35.7 Å². The third kappa shape index (κ3) is 5.55. The highest BCUT2D eigenvalue weighted by Gasteiger charge is 2.70. The normalized spacial score (nSPS) is 40.0. The largest absolute Gasteiger partial charge is 0.481 e. The number of allylic oxidation sites excluding steroid dienone is 2. The van der Waals surface area contributed by atoms with Crippen molar-refractivity contribution in [1.82, 2.24) is 15.3 Å². The minimum Gasteiger partial charge on any atom is -0.481 e. The van der Waals surface area contributed by atoms with Gasteiger partial charge in [0.25, 0.3) is 5.91 Å². The van der Waals surface area contributed by atoms with E-state index in [0.717, 1.165) is 36.7 Å². The number of hydrogen-bond acceptors (Lipinski definition) is 5. The van der Waals surface area contributed by atoms with Gasteiger partial charge in [-0.05, 0) is 146 Å². The van der Waals surface area contributed by atoms with Gasteiger partial charge in [-0.15, -0.1) is 0 Å². The molecule has 0 aliphatic heterocycles. The fraction of sp³-hybridized carbons (Fsp3) is 0.745. The molecule has 5 saturated carbocycles. The molecule has 55 heavy (non-hydrogen) atoms. The smallest absolute Gasteiger partial charge is 0.309 e. The summed E-state index contributed by atoms with van der Waals surface area (Å²) in [7, 11) is 0. The summed E-state index contributed by atoms with van der Waals surface area (Å²) in [5.41, 5.74) is 5.95. The Kier molecular flexibility index (Phi) is 9.10. The van der Waals surface area contributed by atoms with Crippen molar-refractivity contribution in [3.8, 4) is 0 Å². The first kappa shape index (κ1) is 38.7. The Morgan fingerprint density at radius 3 is 2.36 bits per heavy atom. The van der Waals surface area contributed by atoms with Crippen LogP contribution in [0.3, 0.4) is 0 Å². The van der Waals surface area contributed by atoms with E-state index in [2.05, 4.69) is 63.8 Å². The molecule has 0 spiro atoms. The lowest BCUT2D eigenvalue weighted by Crippen LogP contribution is -2.66. The monoisotopic (exact) mass is 754 g/mol. The van der Waals surface area contributed by atoms with Crippen LogP contribution in [0.5, 0.6) is 0 Å². The molecule has 0 radical (unpaired) electrons. The number of amides is 1. The molecular weight excluding hydrogens is 687 g/mol. The molecule has 3 N–H and O–H groups in total. The highest BCUT2D eigenvalue weighted by molar-refractivity contribution is 5.97. The van der Waals surface area contributed by atoms with Crippen molar-refractivity contribution in [2.24, 2.45) is 68.0 Å². The zero-order valence-electron chi connectivity index (χ0n) is 35.1. The number of benzene rings is 1. The summed E-state index contributed by atoms with van der Waals surface area (Å²) in [6.07, 6.45) is 14.5. The third-order valence-corrected chi connectivity index (χ3v) is 18.4. The Morgan fingerprint density at radius 2 is 1.65 bits per heavy atom. The van der Waals surface area contributed by atoms with Gasteiger partial charge in [0.05, 0.1) is 29.2 Å². The molecule has 1 amide bonds. The maximum atomic E-state index is 13.6. The zero-order chi connectivity index (χ0) is 39.5. The van der Waals surface area contributed by atoms with E-state index in [1.165, 1.54) is 44.9 Å². The summed E-state index contributed by atoms with van der Waals surface area (Å²) in [6, 6.07) is 5.70. The number of carbonyl (C=O) groups excluding carboxylic acids is 2. The fourth-order valence-corrected chi connectivity index (χ4v) is 14.9. The standard InChI is InChI=1S/C47H67N3O5/c1-27(2)29-14-19-47(22-23-48-39(51)28-10-12-33-34(24-28)50-26-49-33)21-20-45(8)30(38(29)47)11-13-36-44(7)17-16-37(43(5,6)35(44)15-18-46(36,45)9)55-41(54)32-25-31(40(52)53)42(32,3)4/h10,12,24,26-27,30-32,35-37H,11,13-23,25H2,1-9H3,(H,48,51)(H,49,50)(H,52,53)/t30-,31+,32-,35+,36-,37+,44+,45-,46-,47-/m1/s1. The van der Waals surface area contributed by atoms with E-state index >= 15 is 0 Å². The van der Waals surface area contributed by atoms with E-state index in [0.29, 0.717) is 42.2 Å². The Hall–Kier alpha value is -3.16. The van der Waals surface area contributed by atoms with Crippen LogP contribution in [0.25, 0.3) is 11.0 Å². The van der Waals surface area contributed by atoms with E-state index in [-0.39, 0.29) is 51.0 Å². The van der Waals surface area contributed by atoms with E-state index in [9.17, 15) is 19.5 Å². The summed E-state index contributed by atoms with van der Waals surface area (Å²) in [6.45, 7) is 22.0. The maximum absolute atomic E-state index is 13.6. The average Bonchev–Trinajstić information content (AvgIpc) is 3.74. The van der Waals surface area contributed by atoms with Gasteiger partial charge in [0.1, 0.15) is 6.10 Å². The maximum Gasteiger partial charge on any atom is 0.309 e. The van der Waals surface area contributed by atoms with Crippen LogP contribution < -0.4 is 5.32 Å². The van der Waals surface area contributed by atoms with Crippen LogP contribution in [0.2, 0.25) is 0 Å². The molecule has 1 heterocycles. The lowest BCUT2D eigenvalue weighted by molar-refractivity contribution is -0.236. The number of hydrogen-bond donors (Lipinski definition) is 3. The second kappa shape index (κ2) is 12.9. The van der Waals surface area contributed by atoms with Gasteiger partial charge in [-0.2, -0.15) is 0 Å². The van der Waals surface area contributed by atoms with Gasteiger partial charge in [0, 0.05) is 17.5 Å². The number of H-pyrrole nitrogens is 1. The molecule has 10 atom stereocenters. The molecule has 8 rings (SSSR count). The van der Waals surface area contributed by atoms with Crippen LogP contribution in [0, 0.1) is 68.0 Å². The van der Waals surface area contributed by atoms with Crippen LogP contribution in [0.4, 0.5) is 0 Å². The number of esters is 1. The number of fused-ring (bicyclic) bond motifs is 8. The van der Waals surface area contributed by atoms with Gasteiger partial charge in [-0.1, -0.05) is 73.5 Å². The molecular formula is C47H67N3O5. The average molecular weight is 754 g/mol. The lowest BCUT2D eigenvalue weighted by atomic mass is 9.33. The molecule has 0 unspecified atom stereocenters.